The number of oxime groups is 1. The maximum atomic E-state index is 13.0. The van der Waals surface area contributed by atoms with E-state index in [1.807, 2.05) is 23.1 Å². The minimum Gasteiger partial charge on any atom is -0.382 e. The fourth-order valence-corrected chi connectivity index (χ4v) is 3.35. The highest BCUT2D eigenvalue weighted by atomic mass is 19.1. The average Bonchev–Trinajstić information content (AvgIpc) is 3.19. The predicted molar refractivity (Wildman–Crippen MR) is 97.7 cm³/mol. The van der Waals surface area contributed by atoms with Crippen LogP contribution in [0.3, 0.4) is 0 Å². The summed E-state index contributed by atoms with van der Waals surface area (Å²) in [6, 6.07) is 16.3. The van der Waals surface area contributed by atoms with Gasteiger partial charge in [-0.05, 0) is 29.8 Å². The lowest BCUT2D eigenvalue weighted by molar-refractivity contribution is -0.142. The minimum atomic E-state index is -0.585. The fourth-order valence-electron chi connectivity index (χ4n) is 3.35. The van der Waals surface area contributed by atoms with Gasteiger partial charge in [-0.3, -0.25) is 4.79 Å². The minimum absolute atomic E-state index is 0.0291. The van der Waals surface area contributed by atoms with Crippen LogP contribution in [0.15, 0.2) is 59.8 Å². The van der Waals surface area contributed by atoms with E-state index in [4.69, 9.17) is 4.84 Å². The van der Waals surface area contributed by atoms with Gasteiger partial charge in [-0.25, -0.2) is 4.39 Å². The van der Waals surface area contributed by atoms with E-state index in [2.05, 4.69) is 22.2 Å². The zero-order valence-electron chi connectivity index (χ0n) is 14.3. The molecule has 6 heteroatoms. The summed E-state index contributed by atoms with van der Waals surface area (Å²) >= 11 is 0. The molecule has 0 saturated carbocycles. The van der Waals surface area contributed by atoms with Crippen LogP contribution in [0, 0.1) is 5.82 Å². The molecule has 2 aliphatic heterocycles. The van der Waals surface area contributed by atoms with E-state index in [-0.39, 0.29) is 11.7 Å². The van der Waals surface area contributed by atoms with Gasteiger partial charge in [0.1, 0.15) is 5.82 Å². The second-order valence-corrected chi connectivity index (χ2v) is 6.49. The molecule has 0 radical (unpaired) electrons. The highest BCUT2D eigenvalue weighted by Crippen LogP contribution is 2.21. The molecule has 2 aliphatic rings. The van der Waals surface area contributed by atoms with Gasteiger partial charge in [-0.1, -0.05) is 35.5 Å². The summed E-state index contributed by atoms with van der Waals surface area (Å²) in [6.45, 7) is 2.93. The van der Waals surface area contributed by atoms with Crippen LogP contribution in [-0.2, 0) is 9.63 Å². The van der Waals surface area contributed by atoms with Crippen molar-refractivity contribution in [2.45, 2.75) is 12.5 Å². The topological polar surface area (TPSA) is 45.1 Å². The monoisotopic (exact) mass is 353 g/mol. The van der Waals surface area contributed by atoms with E-state index in [1.54, 1.807) is 12.1 Å². The number of carbonyl (C=O) groups is 1. The Morgan fingerprint density at radius 1 is 1.00 bits per heavy atom. The lowest BCUT2D eigenvalue weighted by Gasteiger charge is -2.36. The van der Waals surface area contributed by atoms with Crippen LogP contribution in [0.1, 0.15) is 12.0 Å². The summed E-state index contributed by atoms with van der Waals surface area (Å²) in [7, 11) is 0. The molecule has 2 aromatic rings. The number of piperazine rings is 1. The van der Waals surface area contributed by atoms with Crippen molar-refractivity contribution < 1.29 is 14.0 Å². The standard InChI is InChI=1S/C20H20FN3O2/c21-16-8-6-15(7-9-16)18-14-19(26-22-18)20(25)24-12-10-23(11-13-24)17-4-2-1-3-5-17/h1-9,19H,10-14H2/t19-/m0/s1. The SMILES string of the molecule is O=C([C@@H]1CC(c2ccc(F)cc2)=NO1)N1CCN(c2ccccc2)CC1. The molecule has 26 heavy (non-hydrogen) atoms. The van der Waals surface area contributed by atoms with Gasteiger partial charge in [0.05, 0.1) is 5.71 Å². The lowest BCUT2D eigenvalue weighted by Crippen LogP contribution is -2.51. The normalized spacial score (nSPS) is 19.9. The Hall–Kier alpha value is -2.89. The van der Waals surface area contributed by atoms with Gasteiger partial charge >= 0.3 is 0 Å². The number of amides is 1. The Labute approximate surface area is 151 Å². The summed E-state index contributed by atoms with van der Waals surface area (Å²) in [5.41, 5.74) is 2.65. The molecular weight excluding hydrogens is 333 g/mol. The molecule has 1 atom stereocenters. The third kappa shape index (κ3) is 3.40. The molecule has 0 N–H and O–H groups in total. The van der Waals surface area contributed by atoms with Crippen molar-refractivity contribution in [3.05, 3.63) is 66.0 Å². The molecule has 0 aliphatic carbocycles. The zero-order chi connectivity index (χ0) is 17.9. The second kappa shape index (κ2) is 7.15. The van der Waals surface area contributed by atoms with Gasteiger partial charge in [0, 0.05) is 38.3 Å². The molecule has 2 aromatic carbocycles. The van der Waals surface area contributed by atoms with Gasteiger partial charge in [0.2, 0.25) is 6.10 Å². The highest BCUT2D eigenvalue weighted by Gasteiger charge is 2.33. The van der Waals surface area contributed by atoms with Crippen LogP contribution in [-0.4, -0.2) is 48.8 Å². The number of rotatable bonds is 3. The van der Waals surface area contributed by atoms with Crippen molar-refractivity contribution in [3.63, 3.8) is 0 Å². The van der Waals surface area contributed by atoms with Crippen LogP contribution >= 0.6 is 0 Å². The number of carbonyl (C=O) groups excluding carboxylic acids is 1. The van der Waals surface area contributed by atoms with E-state index in [9.17, 15) is 9.18 Å². The Balaban J connectivity index is 1.33. The van der Waals surface area contributed by atoms with Crippen LogP contribution in [0.4, 0.5) is 10.1 Å². The molecule has 0 unspecified atom stereocenters. The third-order valence-corrected chi connectivity index (χ3v) is 4.83. The van der Waals surface area contributed by atoms with E-state index in [1.165, 1.54) is 17.8 Å². The second-order valence-electron chi connectivity index (χ2n) is 6.49. The van der Waals surface area contributed by atoms with Gasteiger partial charge in [-0.15, -0.1) is 0 Å². The van der Waals surface area contributed by atoms with Crippen LogP contribution in [0.2, 0.25) is 0 Å². The number of hydrogen-bond donors (Lipinski definition) is 0. The molecule has 0 aromatic heterocycles. The Morgan fingerprint density at radius 3 is 2.38 bits per heavy atom. The number of anilines is 1. The number of nitrogens with zero attached hydrogens (tertiary/aromatic N) is 3. The molecule has 0 bridgehead atoms. The van der Waals surface area contributed by atoms with Crippen LogP contribution < -0.4 is 4.90 Å². The quantitative estimate of drug-likeness (QED) is 0.852. The molecule has 1 fully saturated rings. The molecule has 134 valence electrons. The Morgan fingerprint density at radius 2 is 1.69 bits per heavy atom. The number of halogens is 1. The smallest absolute Gasteiger partial charge is 0.267 e. The lowest BCUT2D eigenvalue weighted by atomic mass is 10.0. The van der Waals surface area contributed by atoms with Gasteiger partial charge in [0.15, 0.2) is 0 Å². The van der Waals surface area contributed by atoms with Crippen molar-refractivity contribution in [2.24, 2.45) is 5.16 Å². The van der Waals surface area contributed by atoms with Gasteiger partial charge in [-0.2, -0.15) is 0 Å². The highest BCUT2D eigenvalue weighted by molar-refractivity contribution is 6.04. The zero-order valence-corrected chi connectivity index (χ0v) is 14.3. The average molecular weight is 353 g/mol. The van der Waals surface area contributed by atoms with Crippen molar-refractivity contribution in [1.82, 2.24) is 4.90 Å². The summed E-state index contributed by atoms with van der Waals surface area (Å²) in [6.07, 6.45) is -0.165. The fraction of sp³-hybridized carbons (Fsp3) is 0.300. The number of hydrogen-bond acceptors (Lipinski definition) is 4. The molecule has 1 amide bonds. The summed E-state index contributed by atoms with van der Waals surface area (Å²) < 4.78 is 13.0. The third-order valence-electron chi connectivity index (χ3n) is 4.83. The number of benzene rings is 2. The Bertz CT molecular complexity index is 800. The van der Waals surface area contributed by atoms with Gasteiger partial charge in [0.25, 0.3) is 5.91 Å². The predicted octanol–water partition coefficient (Wildman–Crippen LogP) is 2.67. The molecule has 4 rings (SSSR count). The summed E-state index contributed by atoms with van der Waals surface area (Å²) in [5, 5.41) is 4.03. The molecular formula is C20H20FN3O2. The number of para-hydroxylation sites is 1. The van der Waals surface area contributed by atoms with Crippen molar-refractivity contribution in [2.75, 3.05) is 31.1 Å². The first-order valence-electron chi connectivity index (χ1n) is 8.78. The molecule has 0 spiro atoms. The van der Waals surface area contributed by atoms with E-state index in [0.717, 1.165) is 18.7 Å². The molecule has 1 saturated heterocycles. The van der Waals surface area contributed by atoms with Crippen LogP contribution in [0.5, 0.6) is 0 Å². The maximum absolute atomic E-state index is 13.0. The van der Waals surface area contributed by atoms with Crippen molar-refractivity contribution >= 4 is 17.3 Å². The van der Waals surface area contributed by atoms with E-state index >= 15 is 0 Å². The van der Waals surface area contributed by atoms with Crippen molar-refractivity contribution in [1.29, 1.82) is 0 Å². The van der Waals surface area contributed by atoms with Crippen LogP contribution in [0.25, 0.3) is 0 Å². The molecule has 5 nitrogen and oxygen atoms in total. The first-order valence-corrected chi connectivity index (χ1v) is 8.78. The summed E-state index contributed by atoms with van der Waals surface area (Å²) in [5.74, 6) is -0.323. The van der Waals surface area contributed by atoms with E-state index in [0.29, 0.717) is 25.2 Å². The maximum Gasteiger partial charge on any atom is 0.267 e. The van der Waals surface area contributed by atoms with E-state index < -0.39 is 6.10 Å². The van der Waals surface area contributed by atoms with Gasteiger partial charge < -0.3 is 14.6 Å². The van der Waals surface area contributed by atoms with Crippen molar-refractivity contribution in [3.8, 4) is 0 Å². The first-order chi connectivity index (χ1) is 12.7. The molecule has 2 heterocycles. The Kier molecular flexibility index (Phi) is 4.56. The largest absolute Gasteiger partial charge is 0.382 e. The first kappa shape index (κ1) is 16.6. The summed E-state index contributed by atoms with van der Waals surface area (Å²) in [4.78, 5) is 22.2.